The minimum absolute atomic E-state index is 0.117. The number of ether oxygens (including phenoxy) is 3. The van der Waals surface area contributed by atoms with Crippen LogP contribution in [0.25, 0.3) is 0 Å². The Balaban J connectivity index is 0.000000331. The van der Waals surface area contributed by atoms with Gasteiger partial charge >= 0.3 is 11.9 Å². The fraction of sp³-hybridized carbons (Fsp3) is 0.364. The number of nitrogens with two attached hydrogens (primary N) is 1. The lowest BCUT2D eigenvalue weighted by Crippen LogP contribution is -2.09. The molecule has 0 aliphatic carbocycles. The van der Waals surface area contributed by atoms with Crippen molar-refractivity contribution in [1.82, 2.24) is 0 Å². The molecule has 11 heteroatoms. The van der Waals surface area contributed by atoms with Gasteiger partial charge in [0.1, 0.15) is 5.69 Å². The predicted octanol–water partition coefficient (Wildman–Crippen LogP) is 2.99. The second-order valence-electron chi connectivity index (χ2n) is 6.59. The zero-order valence-corrected chi connectivity index (χ0v) is 18.8. The number of carboxylic acids is 1. The summed E-state index contributed by atoms with van der Waals surface area (Å²) in [4.78, 5) is 32.3. The average Bonchev–Trinajstić information content (AvgIpc) is 2.79. The number of methoxy groups -OCH3 is 2. The SMILES string of the molecule is CCOC(=O)c1ccc(CCOC)c(N)c1.COCCNc1ccc(C(=O)O)cc1[N+](=O)[O-]. The summed E-state index contributed by atoms with van der Waals surface area (Å²) in [6, 6.07) is 8.90. The van der Waals surface area contributed by atoms with Crippen LogP contribution in [-0.2, 0) is 20.6 Å². The number of benzene rings is 2. The summed E-state index contributed by atoms with van der Waals surface area (Å²) in [5.74, 6) is -1.54. The number of rotatable bonds is 11. The Morgan fingerprint density at radius 2 is 1.76 bits per heavy atom. The van der Waals surface area contributed by atoms with E-state index in [2.05, 4.69) is 5.32 Å². The van der Waals surface area contributed by atoms with E-state index in [1.54, 1.807) is 26.2 Å². The number of aromatic carboxylic acids is 1. The van der Waals surface area contributed by atoms with Crippen LogP contribution in [0.15, 0.2) is 36.4 Å². The monoisotopic (exact) mass is 463 g/mol. The van der Waals surface area contributed by atoms with E-state index in [1.165, 1.54) is 19.2 Å². The number of nitrogens with one attached hydrogen (secondary N) is 1. The van der Waals surface area contributed by atoms with Gasteiger partial charge in [0.25, 0.3) is 5.69 Å². The number of carbonyl (C=O) groups is 2. The number of nitrogen functional groups attached to an aromatic ring is 1. The fourth-order valence-electron chi connectivity index (χ4n) is 2.63. The van der Waals surface area contributed by atoms with Crippen LogP contribution in [0.1, 0.15) is 33.2 Å². The summed E-state index contributed by atoms with van der Waals surface area (Å²) in [5.41, 5.74) is 7.80. The molecule has 2 aromatic rings. The van der Waals surface area contributed by atoms with Crippen LogP contribution in [0, 0.1) is 10.1 Å². The summed E-state index contributed by atoms with van der Waals surface area (Å²) in [5, 5.41) is 22.3. The number of nitrogens with zero attached hydrogens (tertiary/aromatic N) is 1. The van der Waals surface area contributed by atoms with Gasteiger partial charge in [0.05, 0.1) is 35.9 Å². The molecule has 0 radical (unpaired) electrons. The van der Waals surface area contributed by atoms with Gasteiger partial charge in [-0.25, -0.2) is 9.59 Å². The van der Waals surface area contributed by atoms with E-state index in [1.807, 2.05) is 6.07 Å². The van der Waals surface area contributed by atoms with E-state index in [0.29, 0.717) is 37.6 Å². The quantitative estimate of drug-likeness (QED) is 0.148. The summed E-state index contributed by atoms with van der Waals surface area (Å²) in [6.45, 7) is 3.56. The lowest BCUT2D eigenvalue weighted by molar-refractivity contribution is -0.384. The number of esters is 1. The number of nitro benzene ring substituents is 1. The van der Waals surface area contributed by atoms with E-state index in [-0.39, 0.29) is 22.9 Å². The number of carbonyl (C=O) groups excluding carboxylic acids is 1. The van der Waals surface area contributed by atoms with Crippen molar-refractivity contribution in [3.8, 4) is 0 Å². The molecule has 2 rings (SSSR count). The summed E-state index contributed by atoms with van der Waals surface area (Å²) < 4.78 is 14.7. The first-order valence-electron chi connectivity index (χ1n) is 10.0. The van der Waals surface area contributed by atoms with Crippen LogP contribution in [0.3, 0.4) is 0 Å². The molecule has 0 unspecified atom stereocenters. The molecule has 0 aliphatic heterocycles. The predicted molar refractivity (Wildman–Crippen MR) is 123 cm³/mol. The van der Waals surface area contributed by atoms with Gasteiger partial charge in [0, 0.05) is 32.5 Å². The smallest absolute Gasteiger partial charge is 0.338 e. The van der Waals surface area contributed by atoms with Crippen molar-refractivity contribution in [3.63, 3.8) is 0 Å². The number of carboxylic acid groups (broad SMARTS) is 1. The Kier molecular flexibility index (Phi) is 11.9. The highest BCUT2D eigenvalue weighted by molar-refractivity contribution is 5.91. The Hall–Kier alpha value is -3.70. The number of hydrogen-bond acceptors (Lipinski definition) is 9. The molecule has 2 aromatic carbocycles. The first-order valence-corrected chi connectivity index (χ1v) is 10.0. The Labute approximate surface area is 191 Å². The number of anilines is 2. The molecule has 0 saturated heterocycles. The fourth-order valence-corrected chi connectivity index (χ4v) is 2.63. The van der Waals surface area contributed by atoms with Crippen LogP contribution < -0.4 is 11.1 Å². The van der Waals surface area contributed by atoms with Gasteiger partial charge in [0.15, 0.2) is 0 Å². The standard InChI is InChI=1S/C12H17NO3.C10H12N2O5/c1-3-16-12(14)10-5-4-9(6-7-15-2)11(13)8-10;1-17-5-4-11-8-3-2-7(10(13)14)6-9(8)12(15)16/h4-5,8H,3,6-7,13H2,1-2H3;2-3,6,11H,4-5H2,1H3,(H,13,14). The van der Waals surface area contributed by atoms with Gasteiger partial charge in [-0.2, -0.15) is 0 Å². The Morgan fingerprint density at radius 1 is 1.09 bits per heavy atom. The Morgan fingerprint density at radius 3 is 2.30 bits per heavy atom. The van der Waals surface area contributed by atoms with Crippen LogP contribution in [-0.4, -0.2) is 62.6 Å². The molecular weight excluding hydrogens is 434 g/mol. The molecule has 0 spiro atoms. The van der Waals surface area contributed by atoms with Crippen molar-refractivity contribution in [3.05, 3.63) is 63.2 Å². The minimum Gasteiger partial charge on any atom is -0.478 e. The minimum atomic E-state index is -1.20. The third kappa shape index (κ3) is 9.13. The summed E-state index contributed by atoms with van der Waals surface area (Å²) in [7, 11) is 3.16. The summed E-state index contributed by atoms with van der Waals surface area (Å²) in [6.07, 6.45) is 0.742. The maximum Gasteiger partial charge on any atom is 0.338 e. The van der Waals surface area contributed by atoms with Crippen LogP contribution in [0.2, 0.25) is 0 Å². The molecule has 0 amide bonds. The van der Waals surface area contributed by atoms with Crippen LogP contribution >= 0.6 is 0 Å². The maximum atomic E-state index is 11.4. The normalized spacial score (nSPS) is 10.0. The molecule has 4 N–H and O–H groups in total. The van der Waals surface area contributed by atoms with E-state index in [4.69, 9.17) is 25.1 Å². The van der Waals surface area contributed by atoms with Crippen molar-refractivity contribution in [2.24, 2.45) is 0 Å². The number of hydrogen-bond donors (Lipinski definition) is 3. The average molecular weight is 463 g/mol. The zero-order valence-electron chi connectivity index (χ0n) is 18.8. The third-order valence-electron chi connectivity index (χ3n) is 4.30. The van der Waals surface area contributed by atoms with Crippen molar-refractivity contribution in [2.45, 2.75) is 13.3 Å². The van der Waals surface area contributed by atoms with Crippen LogP contribution in [0.5, 0.6) is 0 Å². The molecule has 0 atom stereocenters. The van der Waals surface area contributed by atoms with Gasteiger partial charge < -0.3 is 30.4 Å². The highest BCUT2D eigenvalue weighted by Crippen LogP contribution is 2.25. The lowest BCUT2D eigenvalue weighted by Gasteiger charge is -2.07. The molecule has 33 heavy (non-hydrogen) atoms. The topological polar surface area (TPSA) is 163 Å². The van der Waals surface area contributed by atoms with Crippen molar-refractivity contribution in [2.75, 3.05) is 51.6 Å². The van der Waals surface area contributed by atoms with Gasteiger partial charge in [0.2, 0.25) is 0 Å². The summed E-state index contributed by atoms with van der Waals surface area (Å²) >= 11 is 0. The highest BCUT2D eigenvalue weighted by atomic mass is 16.6. The van der Waals surface area contributed by atoms with Gasteiger partial charge in [-0.15, -0.1) is 0 Å². The largest absolute Gasteiger partial charge is 0.478 e. The van der Waals surface area contributed by atoms with Crippen molar-refractivity contribution >= 4 is 29.0 Å². The second-order valence-corrected chi connectivity index (χ2v) is 6.59. The first-order chi connectivity index (χ1) is 15.7. The molecule has 0 saturated carbocycles. The Bertz CT molecular complexity index is 949. The number of nitro groups is 1. The molecule has 0 aliphatic rings. The zero-order chi connectivity index (χ0) is 24.8. The van der Waals surface area contributed by atoms with Gasteiger partial charge in [-0.1, -0.05) is 6.07 Å². The molecular formula is C22H29N3O8. The molecule has 0 bridgehead atoms. The molecule has 180 valence electrons. The first kappa shape index (κ1) is 27.3. The van der Waals surface area contributed by atoms with E-state index in [0.717, 1.165) is 18.1 Å². The molecule has 0 heterocycles. The second kappa shape index (κ2) is 14.4. The lowest BCUT2D eigenvalue weighted by atomic mass is 10.1. The van der Waals surface area contributed by atoms with E-state index < -0.39 is 10.9 Å². The molecule has 11 nitrogen and oxygen atoms in total. The third-order valence-corrected chi connectivity index (χ3v) is 4.30. The van der Waals surface area contributed by atoms with Crippen molar-refractivity contribution < 1.29 is 33.8 Å². The maximum absolute atomic E-state index is 11.4. The van der Waals surface area contributed by atoms with E-state index >= 15 is 0 Å². The van der Waals surface area contributed by atoms with Crippen molar-refractivity contribution in [1.29, 1.82) is 0 Å². The van der Waals surface area contributed by atoms with Gasteiger partial charge in [-0.05, 0) is 43.2 Å². The van der Waals surface area contributed by atoms with E-state index in [9.17, 15) is 19.7 Å². The molecule has 0 aromatic heterocycles. The van der Waals surface area contributed by atoms with Crippen LogP contribution in [0.4, 0.5) is 17.1 Å². The van der Waals surface area contributed by atoms with Gasteiger partial charge in [-0.3, -0.25) is 10.1 Å². The highest BCUT2D eigenvalue weighted by Gasteiger charge is 2.16. The molecule has 0 fully saturated rings.